The molecular formula is C31H62NO8P. The molecule has 0 heterocycles. The normalized spacial score (nSPS) is 14.0. The first kappa shape index (κ1) is 40.0. The second kappa shape index (κ2) is 25.5. The number of quaternary nitrogens is 1. The average molecular weight is 608 g/mol. The van der Waals surface area contributed by atoms with Crippen molar-refractivity contribution in [2.24, 2.45) is 0 Å². The van der Waals surface area contributed by atoms with Gasteiger partial charge in [-0.05, 0) is 12.8 Å². The van der Waals surface area contributed by atoms with Gasteiger partial charge in [-0.1, -0.05) is 110 Å². The number of hydrogen-bond donors (Lipinski definition) is 0. The van der Waals surface area contributed by atoms with Crippen molar-refractivity contribution in [2.75, 3.05) is 47.5 Å². The van der Waals surface area contributed by atoms with E-state index in [9.17, 15) is 19.0 Å². The highest BCUT2D eigenvalue weighted by Crippen LogP contribution is 2.38. The summed E-state index contributed by atoms with van der Waals surface area (Å²) in [7, 11) is 1.17. The largest absolute Gasteiger partial charge is 0.756 e. The monoisotopic (exact) mass is 607 g/mol. The minimum absolute atomic E-state index is 0.0278. The molecule has 0 aliphatic carbocycles. The fourth-order valence-electron chi connectivity index (χ4n) is 4.22. The average Bonchev–Trinajstić information content (AvgIpc) is 2.90. The molecule has 0 aromatic rings. The molecule has 0 spiro atoms. The van der Waals surface area contributed by atoms with Crippen molar-refractivity contribution in [3.63, 3.8) is 0 Å². The summed E-state index contributed by atoms with van der Waals surface area (Å²) < 4.78 is 33.2. The second-order valence-corrected chi connectivity index (χ2v) is 13.6. The van der Waals surface area contributed by atoms with Crippen molar-refractivity contribution in [1.82, 2.24) is 0 Å². The van der Waals surface area contributed by atoms with Crippen LogP contribution in [0.4, 0.5) is 0 Å². The van der Waals surface area contributed by atoms with Crippen LogP contribution < -0.4 is 4.89 Å². The van der Waals surface area contributed by atoms with Gasteiger partial charge in [0, 0.05) is 12.8 Å². The molecule has 0 saturated carbocycles. The van der Waals surface area contributed by atoms with Crippen LogP contribution in [0.5, 0.6) is 0 Å². The molecule has 0 aliphatic rings. The number of carbonyl (C=O) groups excluding carboxylic acids is 2. The van der Waals surface area contributed by atoms with E-state index in [0.29, 0.717) is 23.9 Å². The van der Waals surface area contributed by atoms with Gasteiger partial charge in [0.15, 0.2) is 6.10 Å². The summed E-state index contributed by atoms with van der Waals surface area (Å²) in [5, 5.41) is 0. The maximum atomic E-state index is 12.4. The third-order valence-electron chi connectivity index (χ3n) is 6.88. The molecule has 0 bridgehead atoms. The number of likely N-dealkylation sites (N-methyl/N-ethyl adjacent to an activating group) is 1. The fourth-order valence-corrected chi connectivity index (χ4v) is 4.95. The predicted octanol–water partition coefficient (Wildman–Crippen LogP) is 7.10. The third-order valence-corrected chi connectivity index (χ3v) is 7.84. The minimum Gasteiger partial charge on any atom is -0.756 e. The Balaban J connectivity index is 4.21. The Bertz CT molecular complexity index is 698. The Labute approximate surface area is 251 Å². The Kier molecular flexibility index (Phi) is 24.9. The first-order chi connectivity index (χ1) is 19.5. The summed E-state index contributed by atoms with van der Waals surface area (Å²) >= 11 is 0. The number of ether oxygens (including phenoxy) is 2. The van der Waals surface area contributed by atoms with Gasteiger partial charge in [0.25, 0.3) is 7.82 Å². The lowest BCUT2D eigenvalue weighted by Gasteiger charge is -2.28. The zero-order valence-corrected chi connectivity index (χ0v) is 27.9. The number of phosphoric acid groups is 1. The molecule has 0 aromatic carbocycles. The van der Waals surface area contributed by atoms with Gasteiger partial charge in [-0.15, -0.1) is 0 Å². The SMILES string of the molecule is CCCCCCCCCCCCCCCCCC(=O)OC(COC(=O)CCCC)COP(=O)([O-])OCC[N+](C)(C)C. The van der Waals surface area contributed by atoms with Gasteiger partial charge in [0.05, 0.1) is 27.7 Å². The lowest BCUT2D eigenvalue weighted by Crippen LogP contribution is -2.37. The van der Waals surface area contributed by atoms with Crippen molar-refractivity contribution in [3.8, 4) is 0 Å². The molecule has 10 heteroatoms. The van der Waals surface area contributed by atoms with E-state index < -0.39 is 32.5 Å². The Hall–Kier alpha value is -0.990. The molecule has 0 N–H and O–H groups in total. The van der Waals surface area contributed by atoms with Crippen molar-refractivity contribution in [1.29, 1.82) is 0 Å². The lowest BCUT2D eigenvalue weighted by atomic mass is 10.0. The van der Waals surface area contributed by atoms with Gasteiger partial charge < -0.3 is 27.9 Å². The molecule has 2 atom stereocenters. The maximum absolute atomic E-state index is 12.4. The van der Waals surface area contributed by atoms with Crippen LogP contribution in [-0.4, -0.2) is 70.0 Å². The Morgan fingerprint density at radius 2 is 1.12 bits per heavy atom. The van der Waals surface area contributed by atoms with Crippen LogP contribution in [0.2, 0.25) is 0 Å². The molecule has 0 radical (unpaired) electrons. The highest BCUT2D eigenvalue weighted by Gasteiger charge is 2.21. The first-order valence-corrected chi connectivity index (χ1v) is 17.7. The number of esters is 2. The zero-order valence-electron chi connectivity index (χ0n) is 27.0. The lowest BCUT2D eigenvalue weighted by molar-refractivity contribution is -0.870. The van der Waals surface area contributed by atoms with Crippen molar-refractivity contribution in [2.45, 2.75) is 142 Å². The van der Waals surface area contributed by atoms with E-state index in [1.807, 2.05) is 28.1 Å². The van der Waals surface area contributed by atoms with Crippen LogP contribution in [0.25, 0.3) is 0 Å². The van der Waals surface area contributed by atoms with Gasteiger partial charge in [-0.3, -0.25) is 14.2 Å². The number of rotatable bonds is 29. The van der Waals surface area contributed by atoms with Crippen LogP contribution >= 0.6 is 7.82 Å². The molecule has 9 nitrogen and oxygen atoms in total. The van der Waals surface area contributed by atoms with Crippen molar-refractivity contribution >= 4 is 19.8 Å². The quantitative estimate of drug-likeness (QED) is 0.0383. The van der Waals surface area contributed by atoms with Crippen LogP contribution in [0.15, 0.2) is 0 Å². The summed E-state index contributed by atoms with van der Waals surface area (Å²) in [6.45, 7) is 3.95. The van der Waals surface area contributed by atoms with E-state index in [4.69, 9.17) is 18.5 Å². The van der Waals surface area contributed by atoms with Crippen LogP contribution in [0, 0.1) is 0 Å². The van der Waals surface area contributed by atoms with Gasteiger partial charge in [0.2, 0.25) is 0 Å². The number of hydrogen-bond acceptors (Lipinski definition) is 8. The molecule has 0 saturated heterocycles. The summed E-state index contributed by atoms with van der Waals surface area (Å²) in [5.74, 6) is -0.871. The van der Waals surface area contributed by atoms with Crippen LogP contribution in [0.3, 0.4) is 0 Å². The number of carbonyl (C=O) groups is 2. The first-order valence-electron chi connectivity index (χ1n) is 16.2. The van der Waals surface area contributed by atoms with Gasteiger partial charge in [-0.25, -0.2) is 0 Å². The second-order valence-electron chi connectivity index (χ2n) is 12.2. The number of nitrogens with zero attached hydrogens (tertiary/aromatic N) is 1. The topological polar surface area (TPSA) is 111 Å². The molecule has 0 aliphatic heterocycles. The van der Waals surface area contributed by atoms with Gasteiger partial charge in [0.1, 0.15) is 19.8 Å². The number of unbranched alkanes of at least 4 members (excludes halogenated alkanes) is 15. The summed E-state index contributed by atoms with van der Waals surface area (Å²) in [6, 6.07) is 0. The molecule has 0 fully saturated rings. The highest BCUT2D eigenvalue weighted by molar-refractivity contribution is 7.45. The standard InChI is InChI=1S/C31H62NO8P/c1-6-8-10-11-12-13-14-15-16-17-18-19-20-21-22-24-31(34)40-29(27-37-30(33)23-9-7-2)28-39-41(35,36)38-26-25-32(3,4)5/h29H,6-28H2,1-5H3. The summed E-state index contributed by atoms with van der Waals surface area (Å²) in [6.07, 6.45) is 19.6. The van der Waals surface area contributed by atoms with Crippen molar-refractivity contribution in [3.05, 3.63) is 0 Å². The molecule has 0 aromatic heterocycles. The molecule has 244 valence electrons. The molecule has 0 amide bonds. The molecule has 2 unspecified atom stereocenters. The van der Waals surface area contributed by atoms with Crippen molar-refractivity contribution < 1.29 is 42.1 Å². The third kappa shape index (κ3) is 28.9. The maximum Gasteiger partial charge on any atom is 0.306 e. The van der Waals surface area contributed by atoms with E-state index in [0.717, 1.165) is 19.3 Å². The molecule has 41 heavy (non-hydrogen) atoms. The van der Waals surface area contributed by atoms with Crippen LogP contribution in [-0.2, 0) is 32.7 Å². The van der Waals surface area contributed by atoms with E-state index in [-0.39, 0.29) is 26.1 Å². The van der Waals surface area contributed by atoms with E-state index in [1.54, 1.807) is 0 Å². The van der Waals surface area contributed by atoms with E-state index in [1.165, 1.54) is 77.0 Å². The fraction of sp³-hybridized carbons (Fsp3) is 0.935. The van der Waals surface area contributed by atoms with E-state index >= 15 is 0 Å². The Morgan fingerprint density at radius 1 is 0.659 bits per heavy atom. The van der Waals surface area contributed by atoms with E-state index in [2.05, 4.69) is 6.92 Å². The highest BCUT2D eigenvalue weighted by atomic mass is 31.2. The molecular weight excluding hydrogens is 545 g/mol. The smallest absolute Gasteiger partial charge is 0.306 e. The van der Waals surface area contributed by atoms with Gasteiger partial charge >= 0.3 is 11.9 Å². The molecule has 0 rings (SSSR count). The predicted molar refractivity (Wildman–Crippen MR) is 162 cm³/mol. The summed E-state index contributed by atoms with van der Waals surface area (Å²) in [4.78, 5) is 36.5. The van der Waals surface area contributed by atoms with Crippen LogP contribution in [0.1, 0.15) is 136 Å². The number of phosphoric ester groups is 1. The summed E-state index contributed by atoms with van der Waals surface area (Å²) in [5.41, 5.74) is 0. The zero-order chi connectivity index (χ0) is 30.8. The van der Waals surface area contributed by atoms with Gasteiger partial charge in [-0.2, -0.15) is 0 Å². The minimum atomic E-state index is -4.59. The Morgan fingerprint density at radius 3 is 1.61 bits per heavy atom.